The van der Waals surface area contributed by atoms with E-state index in [1.807, 2.05) is 0 Å². The van der Waals surface area contributed by atoms with Crippen molar-refractivity contribution in [1.82, 2.24) is 10.9 Å². The number of ketones is 1. The third kappa shape index (κ3) is 8.59. The van der Waals surface area contributed by atoms with Gasteiger partial charge in [-0.1, -0.05) is 45.9 Å². The van der Waals surface area contributed by atoms with Crippen LogP contribution in [0.5, 0.6) is 23.0 Å². The molecule has 2 aliphatic carbocycles. The Morgan fingerprint density at radius 2 is 1.53 bits per heavy atom. The quantitative estimate of drug-likeness (QED) is 0.0805. The number of esters is 1. The van der Waals surface area contributed by atoms with Crippen molar-refractivity contribution in [1.29, 1.82) is 0 Å². The highest BCUT2D eigenvalue weighted by Crippen LogP contribution is 2.57. The van der Waals surface area contributed by atoms with Crippen LogP contribution >= 0.6 is 0 Å². The molecule has 16 nitrogen and oxygen atoms in total. The smallest absolute Gasteiger partial charge is 0.312 e. The number of aliphatic hydroxyl groups is 2. The zero-order valence-corrected chi connectivity index (χ0v) is 35.0. The summed E-state index contributed by atoms with van der Waals surface area (Å²) in [6.45, 7) is 12.6. The van der Waals surface area contributed by atoms with E-state index in [4.69, 9.17) is 18.9 Å². The lowest BCUT2D eigenvalue weighted by Gasteiger charge is -2.38. The van der Waals surface area contributed by atoms with Crippen LogP contribution in [0.25, 0.3) is 10.8 Å². The summed E-state index contributed by atoms with van der Waals surface area (Å²) in [4.78, 5) is 40.8. The topological polar surface area (TPSA) is 229 Å². The number of phenols is 3. The molecule has 3 aliphatic heterocycles. The molecule has 0 aromatic heterocycles. The normalized spacial score (nSPS) is 32.5. The van der Waals surface area contributed by atoms with Gasteiger partial charge >= 0.3 is 11.8 Å². The van der Waals surface area contributed by atoms with Gasteiger partial charge in [0, 0.05) is 73.2 Å². The highest BCUT2D eigenvalue weighted by molar-refractivity contribution is 6.23. The fourth-order valence-corrected chi connectivity index (χ4v) is 7.88. The molecule has 7 rings (SSSR count). The molecule has 1 amide bonds. The van der Waals surface area contributed by atoms with Crippen molar-refractivity contribution in [3.63, 3.8) is 0 Å². The van der Waals surface area contributed by atoms with Crippen LogP contribution in [0.15, 0.2) is 36.1 Å². The monoisotopic (exact) mass is 822 g/mol. The SMILES string of the molecule is CO[C@H]1/C=C/O[C@@]2(C)Oc3c(C)c(O)c4c(O)c(c(N(NC5CC5)NC5CC5)c(O)c4c3C2=O)NC(=O)/C(C)=C\C=C\[C@H](C)[C@H](O)[C@H](C)[C@H](O)[C@@H](C)[C@H](OC(C)=O)[C@@H]1C. The first kappa shape index (κ1) is 43.7. The highest BCUT2D eigenvalue weighted by atomic mass is 16.7. The minimum absolute atomic E-state index is 0.0204. The van der Waals surface area contributed by atoms with Crippen molar-refractivity contribution in [2.75, 3.05) is 17.5 Å². The maximum Gasteiger partial charge on any atom is 0.312 e. The predicted octanol–water partition coefficient (Wildman–Crippen LogP) is 4.89. The van der Waals surface area contributed by atoms with E-state index in [0.717, 1.165) is 25.7 Å². The summed E-state index contributed by atoms with van der Waals surface area (Å²) < 4.78 is 23.7. The number of hydrazine groups is 2. The number of fused-ring (bicyclic) bond motifs is 14. The molecule has 2 saturated carbocycles. The van der Waals surface area contributed by atoms with Crippen molar-refractivity contribution in [2.24, 2.45) is 23.7 Å². The van der Waals surface area contributed by atoms with E-state index in [1.54, 1.807) is 46.8 Å². The molecule has 2 aromatic rings. The number of carbonyl (C=O) groups is 3. The number of amides is 1. The second-order valence-corrected chi connectivity index (χ2v) is 16.7. The molecular formula is C43H58N4O12. The number of hydrogen-bond acceptors (Lipinski definition) is 15. The average molecular weight is 823 g/mol. The number of phenolic OH excluding ortho intramolecular Hbond substituents is 3. The molecule has 0 spiro atoms. The number of nitrogens with one attached hydrogen (secondary N) is 3. The first-order valence-electron chi connectivity index (χ1n) is 20.2. The molecule has 0 saturated heterocycles. The third-order valence-corrected chi connectivity index (χ3v) is 12.0. The average Bonchev–Trinajstić information content (AvgIpc) is 4.14. The number of carbonyl (C=O) groups excluding carboxylic acids is 3. The van der Waals surface area contributed by atoms with Crippen molar-refractivity contribution in [2.45, 2.75) is 123 Å². The third-order valence-electron chi connectivity index (χ3n) is 12.0. The predicted molar refractivity (Wildman–Crippen MR) is 219 cm³/mol. The number of ether oxygens (including phenoxy) is 4. The fraction of sp³-hybridized carbons (Fsp3) is 0.558. The van der Waals surface area contributed by atoms with Crippen molar-refractivity contribution in [3.05, 3.63) is 47.3 Å². The molecule has 0 unspecified atom stereocenters. The Hall–Kier alpha value is -4.87. The lowest BCUT2D eigenvalue weighted by atomic mass is 9.78. The molecule has 5 aliphatic rings. The maximum absolute atomic E-state index is 14.5. The number of rotatable bonds is 7. The number of anilines is 2. The molecule has 5 bridgehead atoms. The Kier molecular flexibility index (Phi) is 12.6. The van der Waals surface area contributed by atoms with Crippen molar-refractivity contribution >= 4 is 39.8 Å². The minimum atomic E-state index is -2.04. The number of aromatic hydroxyl groups is 3. The first-order chi connectivity index (χ1) is 27.8. The van der Waals surface area contributed by atoms with Crippen LogP contribution in [0.4, 0.5) is 11.4 Å². The van der Waals surface area contributed by atoms with E-state index in [1.165, 1.54) is 51.4 Å². The Bertz CT molecular complexity index is 2060. The van der Waals surface area contributed by atoms with Gasteiger partial charge < -0.3 is 49.8 Å². The summed E-state index contributed by atoms with van der Waals surface area (Å²) in [6.07, 6.45) is 6.99. The summed E-state index contributed by atoms with van der Waals surface area (Å²) in [7, 11) is 1.44. The molecular weight excluding hydrogens is 764 g/mol. The number of methoxy groups -OCH3 is 1. The summed E-state index contributed by atoms with van der Waals surface area (Å²) >= 11 is 0. The van der Waals surface area contributed by atoms with Crippen LogP contribution in [0.1, 0.15) is 90.1 Å². The largest absolute Gasteiger partial charge is 0.507 e. The fourth-order valence-electron chi connectivity index (χ4n) is 7.88. The van der Waals surface area contributed by atoms with E-state index in [0.29, 0.717) is 0 Å². The standard InChI is InChI=1S/C43H58N4O12/c1-19-11-10-12-20(2)42(55)44-32-33(47(45-26-13-14-26)46-27-15-16-27)38(53)29-30(37(32)52)36(51)24(6)40-31(29)41(54)43(8,59-40)57-18-17-28(56-9)21(3)39(58-25(7)48)23(5)35(50)22(4)34(19)49/h10-12,17-19,21-23,26-28,34-35,39,45-46,49-53H,13-16H2,1-9H3,(H,44,55)/b11-10+,18-17+,20-12-/t19-,21+,22-,23+,28-,34-,35-,39+,43-/m0/s1. The number of hydrogen-bond donors (Lipinski definition) is 8. The Morgan fingerprint density at radius 1 is 0.898 bits per heavy atom. The van der Waals surface area contributed by atoms with Gasteiger partial charge in [0.15, 0.2) is 11.5 Å². The van der Waals surface area contributed by atoms with Gasteiger partial charge in [0.2, 0.25) is 0 Å². The van der Waals surface area contributed by atoms with Gasteiger partial charge in [-0.05, 0) is 45.6 Å². The Labute approximate surface area is 343 Å². The van der Waals surface area contributed by atoms with Gasteiger partial charge in [0.1, 0.15) is 29.0 Å². The summed E-state index contributed by atoms with van der Waals surface area (Å²) in [5.74, 6) is -8.20. The lowest BCUT2D eigenvalue weighted by Crippen LogP contribution is -2.51. The highest BCUT2D eigenvalue weighted by Gasteiger charge is 2.50. The molecule has 2 aromatic carbocycles. The van der Waals surface area contributed by atoms with Gasteiger partial charge in [-0.3, -0.25) is 14.4 Å². The number of Topliss-reactive ketones (excluding diaryl/α,β-unsaturated/α-hetero) is 1. The van der Waals surface area contributed by atoms with Gasteiger partial charge in [-0.2, -0.15) is 0 Å². The molecule has 3 heterocycles. The molecule has 59 heavy (non-hydrogen) atoms. The van der Waals surface area contributed by atoms with Crippen molar-refractivity contribution in [3.8, 4) is 23.0 Å². The zero-order valence-electron chi connectivity index (χ0n) is 35.0. The van der Waals surface area contributed by atoms with Crippen LogP contribution in [-0.4, -0.2) is 92.6 Å². The number of benzene rings is 2. The molecule has 322 valence electrons. The van der Waals surface area contributed by atoms with Crippen LogP contribution in [0, 0.1) is 30.6 Å². The molecule has 9 atom stereocenters. The van der Waals surface area contributed by atoms with Crippen LogP contribution in [-0.2, 0) is 23.8 Å². The van der Waals surface area contributed by atoms with E-state index >= 15 is 0 Å². The maximum atomic E-state index is 14.5. The van der Waals surface area contributed by atoms with Gasteiger partial charge in [0.25, 0.3) is 11.7 Å². The van der Waals surface area contributed by atoms with Gasteiger partial charge in [-0.25, -0.2) is 16.0 Å². The second-order valence-electron chi connectivity index (χ2n) is 16.7. The van der Waals surface area contributed by atoms with E-state index in [9.17, 15) is 39.9 Å². The number of allylic oxidation sites excluding steroid dienone is 2. The second kappa shape index (κ2) is 17.0. The first-order valence-corrected chi connectivity index (χ1v) is 20.2. The van der Waals surface area contributed by atoms with E-state index in [2.05, 4.69) is 16.2 Å². The lowest BCUT2D eigenvalue weighted by molar-refractivity contribution is -0.160. The Balaban J connectivity index is 1.53. The molecule has 16 heteroatoms. The molecule has 8 N–H and O–H groups in total. The zero-order chi connectivity index (χ0) is 43.2. The van der Waals surface area contributed by atoms with Crippen LogP contribution in [0.2, 0.25) is 0 Å². The van der Waals surface area contributed by atoms with Crippen LogP contribution < -0.4 is 26.0 Å². The van der Waals surface area contributed by atoms with E-state index in [-0.39, 0.29) is 56.7 Å². The van der Waals surface area contributed by atoms with Crippen LogP contribution in [0.3, 0.4) is 0 Å². The summed E-state index contributed by atoms with van der Waals surface area (Å²) in [6, 6.07) is 0.0408. The van der Waals surface area contributed by atoms with Crippen molar-refractivity contribution < 1.29 is 58.9 Å². The Morgan fingerprint density at radius 3 is 2.10 bits per heavy atom. The van der Waals surface area contributed by atoms with Gasteiger partial charge in [-0.15, -0.1) is 0 Å². The summed E-state index contributed by atoms with van der Waals surface area (Å²) in [5, 5.41) is 62.7. The number of aliphatic hydroxyl groups excluding tert-OH is 2. The van der Waals surface area contributed by atoms with E-state index < -0.39 is 88.8 Å². The minimum Gasteiger partial charge on any atom is -0.507 e. The molecule has 0 radical (unpaired) electrons. The summed E-state index contributed by atoms with van der Waals surface area (Å²) in [5.41, 5.74) is 6.38. The van der Waals surface area contributed by atoms with Gasteiger partial charge in [0.05, 0.1) is 35.5 Å². The molecule has 2 fully saturated rings. The number of nitrogens with zero attached hydrogens (tertiary/aromatic N) is 1.